The van der Waals surface area contributed by atoms with Crippen molar-refractivity contribution >= 4 is 21.6 Å². The fourth-order valence-corrected chi connectivity index (χ4v) is 3.79. The maximum Gasteiger partial charge on any atom is 0.276 e. The molecule has 2 heterocycles. The van der Waals surface area contributed by atoms with Crippen molar-refractivity contribution in [2.24, 2.45) is 0 Å². The second-order valence-corrected chi connectivity index (χ2v) is 8.05. The van der Waals surface area contributed by atoms with Gasteiger partial charge in [-0.15, -0.1) is 10.2 Å². The Labute approximate surface area is 131 Å². The van der Waals surface area contributed by atoms with Crippen LogP contribution in [0.3, 0.4) is 0 Å². The molecule has 0 radical (unpaired) electrons. The van der Waals surface area contributed by atoms with Crippen molar-refractivity contribution in [3.63, 3.8) is 0 Å². The molecule has 1 atom stereocenters. The SMILES string of the molecule is CS(=O)(=O)CCSc1nnc([C@H]2COc3ccccc3O2)o1. The molecule has 1 aromatic heterocycles. The van der Waals surface area contributed by atoms with E-state index in [0.717, 1.165) is 0 Å². The largest absolute Gasteiger partial charge is 0.485 e. The van der Waals surface area contributed by atoms with Crippen LogP contribution in [0.25, 0.3) is 0 Å². The van der Waals surface area contributed by atoms with Gasteiger partial charge in [-0.2, -0.15) is 0 Å². The van der Waals surface area contributed by atoms with Crippen LogP contribution >= 0.6 is 11.8 Å². The molecule has 2 aromatic rings. The van der Waals surface area contributed by atoms with Crippen molar-refractivity contribution in [3.05, 3.63) is 30.2 Å². The molecular formula is C13H14N2O5S2. The predicted octanol–water partition coefficient (Wildman–Crippen LogP) is 1.72. The summed E-state index contributed by atoms with van der Waals surface area (Å²) in [5, 5.41) is 8.14. The standard InChI is InChI=1S/C13H14N2O5S2/c1-22(16,17)7-6-21-13-15-14-12(20-13)11-8-18-9-4-2-3-5-10(9)19-11/h2-5,11H,6-8H2,1H3/t11-/m1/s1. The molecule has 0 bridgehead atoms. The molecular weight excluding hydrogens is 328 g/mol. The minimum Gasteiger partial charge on any atom is -0.485 e. The van der Waals surface area contributed by atoms with Gasteiger partial charge in [-0.3, -0.25) is 0 Å². The number of thioether (sulfide) groups is 1. The minimum absolute atomic E-state index is 0.0613. The zero-order chi connectivity index (χ0) is 15.6. The third kappa shape index (κ3) is 3.72. The van der Waals surface area contributed by atoms with Gasteiger partial charge in [-0.1, -0.05) is 23.9 Å². The van der Waals surface area contributed by atoms with Crippen LogP contribution in [0.15, 0.2) is 33.9 Å². The van der Waals surface area contributed by atoms with Crippen LogP contribution in [-0.4, -0.2) is 43.0 Å². The summed E-state index contributed by atoms with van der Waals surface area (Å²) >= 11 is 1.20. The van der Waals surface area contributed by atoms with E-state index in [0.29, 0.717) is 28.4 Å². The van der Waals surface area contributed by atoms with Gasteiger partial charge in [-0.25, -0.2) is 8.42 Å². The highest BCUT2D eigenvalue weighted by molar-refractivity contribution is 8.00. The summed E-state index contributed by atoms with van der Waals surface area (Å²) in [5.41, 5.74) is 0. The van der Waals surface area contributed by atoms with Crippen LogP contribution in [0.1, 0.15) is 12.0 Å². The zero-order valence-corrected chi connectivity index (χ0v) is 13.4. The Hall–Kier alpha value is -1.74. The predicted molar refractivity (Wildman–Crippen MR) is 80.0 cm³/mol. The first-order valence-corrected chi connectivity index (χ1v) is 9.58. The molecule has 0 aliphatic carbocycles. The Morgan fingerprint density at radius 2 is 2.05 bits per heavy atom. The molecule has 22 heavy (non-hydrogen) atoms. The number of rotatable bonds is 5. The number of para-hydroxylation sites is 2. The van der Waals surface area contributed by atoms with E-state index in [4.69, 9.17) is 13.9 Å². The molecule has 0 amide bonds. The van der Waals surface area contributed by atoms with Gasteiger partial charge in [0.1, 0.15) is 16.4 Å². The highest BCUT2D eigenvalue weighted by Crippen LogP contribution is 2.35. The second kappa shape index (κ2) is 6.17. The summed E-state index contributed by atoms with van der Waals surface area (Å²) in [6.07, 6.45) is 0.726. The van der Waals surface area contributed by atoms with Gasteiger partial charge >= 0.3 is 0 Å². The quantitative estimate of drug-likeness (QED) is 0.759. The van der Waals surface area contributed by atoms with Gasteiger partial charge in [0, 0.05) is 12.0 Å². The van der Waals surface area contributed by atoms with Gasteiger partial charge in [0.25, 0.3) is 11.1 Å². The molecule has 7 nitrogen and oxygen atoms in total. The van der Waals surface area contributed by atoms with E-state index in [9.17, 15) is 8.42 Å². The Morgan fingerprint density at radius 3 is 2.82 bits per heavy atom. The topological polar surface area (TPSA) is 91.5 Å². The normalized spacial score (nSPS) is 17.4. The summed E-state index contributed by atoms with van der Waals surface area (Å²) in [6.45, 7) is 0.284. The lowest BCUT2D eigenvalue weighted by Gasteiger charge is -2.23. The van der Waals surface area contributed by atoms with Crippen LogP contribution in [0.4, 0.5) is 0 Å². The number of aromatic nitrogens is 2. The van der Waals surface area contributed by atoms with E-state index in [1.165, 1.54) is 18.0 Å². The second-order valence-electron chi connectivity index (χ2n) is 4.75. The number of hydrogen-bond acceptors (Lipinski definition) is 8. The number of hydrogen-bond donors (Lipinski definition) is 0. The van der Waals surface area contributed by atoms with Gasteiger partial charge < -0.3 is 13.9 Å². The van der Waals surface area contributed by atoms with Crippen molar-refractivity contribution in [2.45, 2.75) is 11.3 Å². The summed E-state index contributed by atoms with van der Waals surface area (Å²) < 4.78 is 39.0. The molecule has 9 heteroatoms. The van der Waals surface area contributed by atoms with Gasteiger partial charge in [-0.05, 0) is 12.1 Å². The lowest BCUT2D eigenvalue weighted by atomic mass is 10.2. The van der Waals surface area contributed by atoms with E-state index >= 15 is 0 Å². The van der Waals surface area contributed by atoms with Crippen molar-refractivity contribution < 1.29 is 22.3 Å². The highest BCUT2D eigenvalue weighted by atomic mass is 32.2. The minimum atomic E-state index is -3.00. The van der Waals surface area contributed by atoms with Crippen molar-refractivity contribution in [1.82, 2.24) is 10.2 Å². The molecule has 0 N–H and O–H groups in total. The summed E-state index contributed by atoms with van der Waals surface area (Å²) in [6, 6.07) is 7.35. The van der Waals surface area contributed by atoms with Crippen LogP contribution in [0.2, 0.25) is 0 Å². The molecule has 0 spiro atoms. The molecule has 0 unspecified atom stereocenters. The van der Waals surface area contributed by atoms with Crippen molar-refractivity contribution in [2.75, 3.05) is 24.4 Å². The van der Waals surface area contributed by atoms with Gasteiger partial charge in [0.05, 0.1) is 5.75 Å². The lowest BCUT2D eigenvalue weighted by molar-refractivity contribution is 0.0686. The molecule has 0 fully saturated rings. The highest BCUT2D eigenvalue weighted by Gasteiger charge is 2.27. The Morgan fingerprint density at radius 1 is 1.27 bits per heavy atom. The fraction of sp³-hybridized carbons (Fsp3) is 0.385. The first kappa shape index (κ1) is 15.2. The van der Waals surface area contributed by atoms with E-state index in [-0.39, 0.29) is 12.4 Å². The summed E-state index contributed by atoms with van der Waals surface area (Å²) in [5.74, 6) is 2.05. The van der Waals surface area contributed by atoms with E-state index < -0.39 is 15.9 Å². The van der Waals surface area contributed by atoms with E-state index in [1.54, 1.807) is 6.07 Å². The Balaban J connectivity index is 1.62. The maximum atomic E-state index is 11.1. The number of sulfone groups is 1. The van der Waals surface area contributed by atoms with Crippen LogP contribution in [0.5, 0.6) is 11.5 Å². The Bertz CT molecular complexity index is 759. The first-order chi connectivity index (χ1) is 10.5. The molecule has 118 valence electrons. The van der Waals surface area contributed by atoms with E-state index in [1.807, 2.05) is 18.2 Å². The summed E-state index contributed by atoms with van der Waals surface area (Å²) in [7, 11) is -3.00. The number of fused-ring (bicyclic) bond motifs is 1. The molecule has 3 rings (SSSR count). The average Bonchev–Trinajstić information content (AvgIpc) is 2.94. The lowest BCUT2D eigenvalue weighted by Crippen LogP contribution is -2.21. The van der Waals surface area contributed by atoms with Crippen molar-refractivity contribution in [1.29, 1.82) is 0 Å². The summed E-state index contributed by atoms with van der Waals surface area (Å²) in [4.78, 5) is 0. The van der Waals surface area contributed by atoms with Crippen LogP contribution in [-0.2, 0) is 9.84 Å². The smallest absolute Gasteiger partial charge is 0.276 e. The molecule has 0 saturated carbocycles. The van der Waals surface area contributed by atoms with Crippen LogP contribution in [0, 0.1) is 0 Å². The van der Waals surface area contributed by atoms with Crippen LogP contribution < -0.4 is 9.47 Å². The molecule has 1 aromatic carbocycles. The number of ether oxygens (including phenoxy) is 2. The van der Waals surface area contributed by atoms with E-state index in [2.05, 4.69) is 10.2 Å². The number of benzene rings is 1. The van der Waals surface area contributed by atoms with Gasteiger partial charge in [0.15, 0.2) is 11.5 Å². The Kier molecular flexibility index (Phi) is 4.25. The maximum absolute atomic E-state index is 11.1. The zero-order valence-electron chi connectivity index (χ0n) is 11.8. The molecule has 1 aliphatic rings. The molecule has 1 aliphatic heterocycles. The average molecular weight is 342 g/mol. The van der Waals surface area contributed by atoms with Crippen molar-refractivity contribution in [3.8, 4) is 11.5 Å². The molecule has 0 saturated heterocycles. The monoisotopic (exact) mass is 342 g/mol. The van der Waals surface area contributed by atoms with Gasteiger partial charge in [0.2, 0.25) is 6.10 Å². The number of nitrogens with zero attached hydrogens (tertiary/aromatic N) is 2. The third-order valence-electron chi connectivity index (χ3n) is 2.89. The fourth-order valence-electron chi connectivity index (χ4n) is 1.83. The third-order valence-corrected chi connectivity index (χ3v) is 4.91. The first-order valence-electron chi connectivity index (χ1n) is 6.54.